The second-order valence-corrected chi connectivity index (χ2v) is 4.29. The van der Waals surface area contributed by atoms with E-state index in [9.17, 15) is 0 Å². The van der Waals surface area contributed by atoms with Crippen molar-refractivity contribution in [2.24, 2.45) is 0 Å². The van der Waals surface area contributed by atoms with Crippen LogP contribution in [-0.4, -0.2) is 11.1 Å². The highest BCUT2D eigenvalue weighted by Gasteiger charge is 2.25. The van der Waals surface area contributed by atoms with E-state index >= 15 is 0 Å². The van der Waals surface area contributed by atoms with E-state index in [0.717, 1.165) is 10.2 Å². The van der Waals surface area contributed by atoms with Crippen LogP contribution in [0.2, 0.25) is 0 Å². The van der Waals surface area contributed by atoms with E-state index in [0.29, 0.717) is 6.10 Å². The highest BCUT2D eigenvalue weighted by molar-refractivity contribution is 9.10. The average molecular weight is 242 g/mol. The van der Waals surface area contributed by atoms with Crippen LogP contribution in [0.25, 0.3) is 0 Å². The summed E-state index contributed by atoms with van der Waals surface area (Å²) in [5, 5.41) is 0. The first-order valence-electron chi connectivity index (χ1n) is 4.52. The zero-order valence-corrected chi connectivity index (χ0v) is 9.12. The molecule has 0 amide bonds. The molecule has 13 heavy (non-hydrogen) atoms. The molecular formula is C10H12BrNO. The molecule has 1 aliphatic carbocycles. The Morgan fingerprint density at radius 3 is 3.00 bits per heavy atom. The van der Waals surface area contributed by atoms with Gasteiger partial charge in [0.25, 0.3) is 0 Å². The van der Waals surface area contributed by atoms with Gasteiger partial charge in [-0.25, -0.2) is 0 Å². The lowest BCUT2D eigenvalue weighted by Crippen LogP contribution is -2.03. The minimum absolute atomic E-state index is 0.116. The summed E-state index contributed by atoms with van der Waals surface area (Å²) in [5.41, 5.74) is 1.00. The minimum atomic E-state index is 0.116. The van der Waals surface area contributed by atoms with Gasteiger partial charge in [-0.1, -0.05) is 15.9 Å². The number of aromatic nitrogens is 1. The second kappa shape index (κ2) is 3.76. The van der Waals surface area contributed by atoms with Gasteiger partial charge >= 0.3 is 0 Å². The van der Waals surface area contributed by atoms with Crippen molar-refractivity contribution in [3.8, 4) is 0 Å². The van der Waals surface area contributed by atoms with Gasteiger partial charge < -0.3 is 4.74 Å². The lowest BCUT2D eigenvalue weighted by atomic mass is 10.2. The SMILES string of the molecule is CC(OC1CC1)c1cc(Br)ccn1. The summed E-state index contributed by atoms with van der Waals surface area (Å²) in [6.07, 6.45) is 4.81. The summed E-state index contributed by atoms with van der Waals surface area (Å²) in [4.78, 5) is 4.27. The standard InChI is InChI=1S/C10H12BrNO/c1-7(13-9-2-3-9)10-6-8(11)4-5-12-10/h4-7,9H,2-3H2,1H3. The quantitative estimate of drug-likeness (QED) is 0.812. The maximum Gasteiger partial charge on any atom is 0.0970 e. The first kappa shape index (κ1) is 9.16. The smallest absolute Gasteiger partial charge is 0.0970 e. The average Bonchev–Trinajstić information content (AvgIpc) is 2.88. The van der Waals surface area contributed by atoms with Crippen LogP contribution in [0, 0.1) is 0 Å². The second-order valence-electron chi connectivity index (χ2n) is 3.38. The predicted octanol–water partition coefficient (Wildman–Crippen LogP) is 3.08. The number of rotatable bonds is 3. The van der Waals surface area contributed by atoms with Crippen LogP contribution in [0.3, 0.4) is 0 Å². The van der Waals surface area contributed by atoms with Crippen LogP contribution in [-0.2, 0) is 4.74 Å². The van der Waals surface area contributed by atoms with E-state index in [2.05, 4.69) is 20.9 Å². The van der Waals surface area contributed by atoms with Crippen molar-refractivity contribution in [1.29, 1.82) is 0 Å². The summed E-state index contributed by atoms with van der Waals surface area (Å²) < 4.78 is 6.78. The Morgan fingerprint density at radius 1 is 1.62 bits per heavy atom. The topological polar surface area (TPSA) is 22.1 Å². The van der Waals surface area contributed by atoms with Crippen LogP contribution in [0.4, 0.5) is 0 Å². The lowest BCUT2D eigenvalue weighted by Gasteiger charge is -2.11. The molecule has 1 heterocycles. The van der Waals surface area contributed by atoms with Crippen LogP contribution in [0.1, 0.15) is 31.6 Å². The molecule has 0 radical (unpaired) electrons. The van der Waals surface area contributed by atoms with Gasteiger partial charge in [0, 0.05) is 10.7 Å². The fourth-order valence-corrected chi connectivity index (χ4v) is 1.56. The summed E-state index contributed by atoms with van der Waals surface area (Å²) >= 11 is 3.42. The van der Waals surface area contributed by atoms with E-state index in [-0.39, 0.29) is 6.10 Å². The number of halogens is 1. The monoisotopic (exact) mass is 241 g/mol. The molecule has 70 valence electrons. The molecule has 1 saturated carbocycles. The first-order chi connectivity index (χ1) is 6.25. The van der Waals surface area contributed by atoms with E-state index in [1.165, 1.54) is 12.8 Å². The van der Waals surface area contributed by atoms with Gasteiger partial charge in [0.15, 0.2) is 0 Å². The van der Waals surface area contributed by atoms with Crippen molar-refractivity contribution < 1.29 is 4.74 Å². The molecule has 0 aliphatic heterocycles. The van der Waals surface area contributed by atoms with Crippen molar-refractivity contribution in [3.63, 3.8) is 0 Å². The number of ether oxygens (including phenoxy) is 1. The molecule has 2 nitrogen and oxygen atoms in total. The van der Waals surface area contributed by atoms with Crippen molar-refractivity contribution in [3.05, 3.63) is 28.5 Å². The van der Waals surface area contributed by atoms with Gasteiger partial charge in [-0.05, 0) is 31.9 Å². The van der Waals surface area contributed by atoms with E-state index in [1.807, 2.05) is 19.1 Å². The highest BCUT2D eigenvalue weighted by atomic mass is 79.9. The Balaban J connectivity index is 2.04. The molecule has 2 rings (SSSR count). The molecule has 1 fully saturated rings. The predicted molar refractivity (Wildman–Crippen MR) is 54.5 cm³/mol. The molecule has 1 atom stereocenters. The summed E-state index contributed by atoms with van der Waals surface area (Å²) in [6, 6.07) is 3.93. The molecule has 0 N–H and O–H groups in total. The Labute approximate surface area is 86.5 Å². The Bertz CT molecular complexity index is 299. The molecule has 0 aromatic carbocycles. The van der Waals surface area contributed by atoms with Crippen molar-refractivity contribution in [2.45, 2.75) is 32.0 Å². The molecule has 1 aliphatic rings. The molecule has 1 unspecified atom stereocenters. The Hall–Kier alpha value is -0.410. The molecule has 0 bridgehead atoms. The normalized spacial score (nSPS) is 18.6. The summed E-state index contributed by atoms with van der Waals surface area (Å²) in [7, 11) is 0. The Morgan fingerprint density at radius 2 is 2.38 bits per heavy atom. The molecule has 0 saturated heterocycles. The first-order valence-corrected chi connectivity index (χ1v) is 5.32. The van der Waals surface area contributed by atoms with Gasteiger partial charge in [0.2, 0.25) is 0 Å². The highest BCUT2D eigenvalue weighted by Crippen LogP contribution is 2.30. The third kappa shape index (κ3) is 2.51. The van der Waals surface area contributed by atoms with Crippen molar-refractivity contribution in [1.82, 2.24) is 4.98 Å². The number of pyridine rings is 1. The van der Waals surface area contributed by atoms with Gasteiger partial charge in [-0.2, -0.15) is 0 Å². The molecular weight excluding hydrogens is 230 g/mol. The van der Waals surface area contributed by atoms with Crippen LogP contribution < -0.4 is 0 Å². The minimum Gasteiger partial charge on any atom is -0.369 e. The third-order valence-electron chi connectivity index (χ3n) is 2.08. The fraction of sp³-hybridized carbons (Fsp3) is 0.500. The number of hydrogen-bond donors (Lipinski definition) is 0. The summed E-state index contributed by atoms with van der Waals surface area (Å²) in [5.74, 6) is 0. The van der Waals surface area contributed by atoms with Crippen molar-refractivity contribution in [2.75, 3.05) is 0 Å². The van der Waals surface area contributed by atoms with E-state index in [4.69, 9.17) is 4.74 Å². The van der Waals surface area contributed by atoms with Gasteiger partial charge in [-0.15, -0.1) is 0 Å². The van der Waals surface area contributed by atoms with Gasteiger partial charge in [0.1, 0.15) is 0 Å². The fourth-order valence-electron chi connectivity index (χ4n) is 1.21. The van der Waals surface area contributed by atoms with Gasteiger partial charge in [-0.3, -0.25) is 4.98 Å². The lowest BCUT2D eigenvalue weighted by molar-refractivity contribution is 0.0491. The number of nitrogens with zero attached hydrogens (tertiary/aromatic N) is 1. The zero-order valence-electron chi connectivity index (χ0n) is 7.53. The van der Waals surface area contributed by atoms with Crippen LogP contribution >= 0.6 is 15.9 Å². The van der Waals surface area contributed by atoms with Crippen LogP contribution in [0.5, 0.6) is 0 Å². The summed E-state index contributed by atoms with van der Waals surface area (Å²) in [6.45, 7) is 2.05. The van der Waals surface area contributed by atoms with Crippen LogP contribution in [0.15, 0.2) is 22.8 Å². The zero-order chi connectivity index (χ0) is 9.26. The largest absolute Gasteiger partial charge is 0.369 e. The van der Waals surface area contributed by atoms with Crippen molar-refractivity contribution >= 4 is 15.9 Å². The number of hydrogen-bond acceptors (Lipinski definition) is 2. The Kier molecular flexibility index (Phi) is 2.65. The molecule has 1 aromatic heterocycles. The van der Waals surface area contributed by atoms with E-state index in [1.54, 1.807) is 6.20 Å². The maximum absolute atomic E-state index is 5.72. The maximum atomic E-state index is 5.72. The molecule has 0 spiro atoms. The molecule has 3 heteroatoms. The van der Waals surface area contributed by atoms with Gasteiger partial charge in [0.05, 0.1) is 17.9 Å². The van der Waals surface area contributed by atoms with E-state index < -0.39 is 0 Å². The molecule has 1 aromatic rings. The third-order valence-corrected chi connectivity index (χ3v) is 2.57.